The van der Waals surface area contributed by atoms with Gasteiger partial charge in [0.1, 0.15) is 17.1 Å². The smallest absolute Gasteiger partial charge is 0.341 e. The Kier molecular flexibility index (Phi) is 4.73. The molecule has 2 rings (SSSR count). The van der Waals surface area contributed by atoms with E-state index in [0.717, 1.165) is 0 Å². The van der Waals surface area contributed by atoms with Gasteiger partial charge >= 0.3 is 11.9 Å². The van der Waals surface area contributed by atoms with Crippen LogP contribution in [0.25, 0.3) is 0 Å². The van der Waals surface area contributed by atoms with E-state index in [0.29, 0.717) is 5.75 Å². The highest BCUT2D eigenvalue weighted by Gasteiger charge is 2.38. The van der Waals surface area contributed by atoms with Gasteiger partial charge < -0.3 is 24.2 Å². The largest absolute Gasteiger partial charge is 0.497 e. The lowest BCUT2D eigenvalue weighted by Gasteiger charge is -2.21. The van der Waals surface area contributed by atoms with Gasteiger partial charge in [0.25, 0.3) is 0 Å². The molecule has 1 fully saturated rings. The molecular formula is C15H17NO7. The van der Waals surface area contributed by atoms with Crippen LogP contribution in [0.3, 0.4) is 0 Å². The van der Waals surface area contributed by atoms with Crippen molar-refractivity contribution in [2.45, 2.75) is 6.42 Å². The lowest BCUT2D eigenvalue weighted by atomic mass is 10.1. The molecule has 1 amide bonds. The lowest BCUT2D eigenvalue weighted by molar-refractivity contribution is -0.145. The average molecular weight is 323 g/mol. The summed E-state index contributed by atoms with van der Waals surface area (Å²) < 4.78 is 14.9. The topological polar surface area (TPSA) is 102 Å². The van der Waals surface area contributed by atoms with Gasteiger partial charge in [-0.3, -0.25) is 9.59 Å². The third-order valence-corrected chi connectivity index (χ3v) is 3.67. The van der Waals surface area contributed by atoms with E-state index in [2.05, 4.69) is 4.74 Å². The Balaban J connectivity index is 2.51. The van der Waals surface area contributed by atoms with Gasteiger partial charge in [-0.15, -0.1) is 0 Å². The second-order valence-corrected chi connectivity index (χ2v) is 4.96. The summed E-state index contributed by atoms with van der Waals surface area (Å²) >= 11 is 0. The number of carboxylic acid groups (broad SMARTS) is 1. The molecule has 1 aromatic rings. The van der Waals surface area contributed by atoms with Gasteiger partial charge in [0, 0.05) is 25.1 Å². The number of amides is 1. The molecule has 0 saturated carbocycles. The van der Waals surface area contributed by atoms with Crippen LogP contribution in [0.4, 0.5) is 5.69 Å². The van der Waals surface area contributed by atoms with Crippen molar-refractivity contribution in [2.24, 2.45) is 5.92 Å². The second kappa shape index (κ2) is 6.55. The summed E-state index contributed by atoms with van der Waals surface area (Å²) in [6.07, 6.45) is -0.0365. The summed E-state index contributed by atoms with van der Waals surface area (Å²) in [5.74, 6) is -2.33. The summed E-state index contributed by atoms with van der Waals surface area (Å²) in [5.41, 5.74) is -0.0303. The van der Waals surface area contributed by atoms with Crippen LogP contribution in [-0.2, 0) is 14.3 Å². The van der Waals surface area contributed by atoms with Gasteiger partial charge in [-0.05, 0) is 0 Å². The molecule has 124 valence electrons. The zero-order valence-electron chi connectivity index (χ0n) is 13.0. The van der Waals surface area contributed by atoms with Crippen LogP contribution in [0.1, 0.15) is 16.8 Å². The third-order valence-electron chi connectivity index (χ3n) is 3.67. The van der Waals surface area contributed by atoms with Crippen LogP contribution in [0.5, 0.6) is 11.5 Å². The van der Waals surface area contributed by atoms with Crippen molar-refractivity contribution < 1.29 is 33.7 Å². The van der Waals surface area contributed by atoms with Gasteiger partial charge in [-0.2, -0.15) is 0 Å². The SMILES string of the molecule is COC(=O)C1CC(=O)N(c2cc(OC)cc(OC)c2C(=O)O)C1. The van der Waals surface area contributed by atoms with Crippen molar-refractivity contribution in [3.05, 3.63) is 17.7 Å². The molecule has 23 heavy (non-hydrogen) atoms. The number of carbonyl (C=O) groups is 3. The first-order chi connectivity index (χ1) is 10.9. The zero-order valence-corrected chi connectivity index (χ0v) is 13.0. The van der Waals surface area contributed by atoms with E-state index < -0.39 is 17.9 Å². The normalized spacial score (nSPS) is 17.1. The van der Waals surface area contributed by atoms with Crippen LogP contribution in [0.15, 0.2) is 12.1 Å². The van der Waals surface area contributed by atoms with Crippen LogP contribution in [0.2, 0.25) is 0 Å². The second-order valence-electron chi connectivity index (χ2n) is 4.96. The van der Waals surface area contributed by atoms with Crippen molar-refractivity contribution >= 4 is 23.5 Å². The fourth-order valence-corrected chi connectivity index (χ4v) is 2.55. The minimum absolute atomic E-state index is 0.0365. The van der Waals surface area contributed by atoms with E-state index in [9.17, 15) is 19.5 Å². The maximum atomic E-state index is 12.2. The molecule has 1 unspecified atom stereocenters. The van der Waals surface area contributed by atoms with Crippen LogP contribution in [-0.4, -0.2) is 50.8 Å². The molecule has 1 saturated heterocycles. The van der Waals surface area contributed by atoms with Crippen molar-refractivity contribution in [1.29, 1.82) is 0 Å². The minimum Gasteiger partial charge on any atom is -0.497 e. The van der Waals surface area contributed by atoms with Crippen molar-refractivity contribution in [2.75, 3.05) is 32.8 Å². The zero-order chi connectivity index (χ0) is 17.1. The van der Waals surface area contributed by atoms with Crippen LogP contribution < -0.4 is 14.4 Å². The number of carbonyl (C=O) groups excluding carboxylic acids is 2. The lowest BCUT2D eigenvalue weighted by Crippen LogP contribution is -2.28. The maximum Gasteiger partial charge on any atom is 0.341 e. The van der Waals surface area contributed by atoms with E-state index in [1.807, 2.05) is 0 Å². The molecule has 0 bridgehead atoms. The number of hydrogen-bond donors (Lipinski definition) is 1. The van der Waals surface area contributed by atoms with Gasteiger partial charge in [0.05, 0.1) is 32.9 Å². The highest BCUT2D eigenvalue weighted by molar-refractivity contribution is 6.06. The summed E-state index contributed by atoms with van der Waals surface area (Å²) in [5, 5.41) is 9.46. The van der Waals surface area contributed by atoms with Gasteiger partial charge in [-0.1, -0.05) is 0 Å². The number of ether oxygens (including phenoxy) is 3. The molecule has 0 spiro atoms. The number of rotatable bonds is 5. The predicted molar refractivity (Wildman–Crippen MR) is 79.0 cm³/mol. The highest BCUT2D eigenvalue weighted by Crippen LogP contribution is 2.37. The molecule has 8 nitrogen and oxygen atoms in total. The standard InChI is InChI=1S/C15H17NO7/c1-21-9-5-10(13(14(18)19)11(6-9)22-2)16-7-8(4-12(16)17)15(20)23-3/h5-6,8H,4,7H2,1-3H3,(H,18,19). The number of carboxylic acids is 1. The average Bonchev–Trinajstić information content (AvgIpc) is 2.94. The predicted octanol–water partition coefficient (Wildman–Crippen LogP) is 0.928. The summed E-state index contributed by atoms with van der Waals surface area (Å²) in [6.45, 7) is 0.0438. The Morgan fingerprint density at radius 2 is 1.91 bits per heavy atom. The molecule has 1 heterocycles. The molecule has 1 atom stereocenters. The molecular weight excluding hydrogens is 306 g/mol. The molecule has 1 aliphatic heterocycles. The maximum absolute atomic E-state index is 12.2. The number of anilines is 1. The number of nitrogens with zero attached hydrogens (tertiary/aromatic N) is 1. The number of esters is 1. The monoisotopic (exact) mass is 323 g/mol. The minimum atomic E-state index is -1.24. The van der Waals surface area contributed by atoms with Crippen LogP contribution >= 0.6 is 0 Å². The highest BCUT2D eigenvalue weighted by atomic mass is 16.5. The Morgan fingerprint density at radius 3 is 2.43 bits per heavy atom. The van der Waals surface area contributed by atoms with Gasteiger partial charge in [-0.25, -0.2) is 4.79 Å². The molecule has 8 heteroatoms. The summed E-state index contributed by atoms with van der Waals surface area (Å²) in [4.78, 5) is 36.7. The number of hydrogen-bond acceptors (Lipinski definition) is 6. The molecule has 1 N–H and O–H groups in total. The molecule has 1 aliphatic rings. The van der Waals surface area contributed by atoms with E-state index in [4.69, 9.17) is 9.47 Å². The van der Waals surface area contributed by atoms with Gasteiger partial charge in [0.2, 0.25) is 5.91 Å². The Morgan fingerprint density at radius 1 is 1.22 bits per heavy atom. The van der Waals surface area contributed by atoms with Crippen LogP contribution in [0, 0.1) is 5.92 Å². The van der Waals surface area contributed by atoms with E-state index in [1.54, 1.807) is 0 Å². The quantitative estimate of drug-likeness (QED) is 0.804. The number of aromatic carboxylic acids is 1. The summed E-state index contributed by atoms with van der Waals surface area (Å²) in [7, 11) is 3.99. The summed E-state index contributed by atoms with van der Waals surface area (Å²) in [6, 6.07) is 2.86. The van der Waals surface area contributed by atoms with E-state index >= 15 is 0 Å². The van der Waals surface area contributed by atoms with Gasteiger partial charge in [0.15, 0.2) is 0 Å². The Bertz CT molecular complexity index is 655. The van der Waals surface area contributed by atoms with Crippen molar-refractivity contribution in [3.63, 3.8) is 0 Å². The fraction of sp³-hybridized carbons (Fsp3) is 0.400. The van der Waals surface area contributed by atoms with Crippen molar-refractivity contribution in [3.8, 4) is 11.5 Å². The van der Waals surface area contributed by atoms with E-state index in [1.165, 1.54) is 38.4 Å². The first-order valence-electron chi connectivity index (χ1n) is 6.80. The number of methoxy groups -OCH3 is 3. The first kappa shape index (κ1) is 16.6. The molecule has 0 aliphatic carbocycles. The third kappa shape index (κ3) is 3.05. The van der Waals surface area contributed by atoms with E-state index in [-0.39, 0.29) is 35.9 Å². The molecule has 0 aromatic heterocycles. The first-order valence-corrected chi connectivity index (χ1v) is 6.80. The fourth-order valence-electron chi connectivity index (χ4n) is 2.55. The number of benzene rings is 1. The Labute approximate surface area is 132 Å². The van der Waals surface area contributed by atoms with Crippen molar-refractivity contribution in [1.82, 2.24) is 0 Å². The molecule has 0 radical (unpaired) electrons. The Hall–Kier alpha value is -2.77. The molecule has 1 aromatic carbocycles.